The topological polar surface area (TPSA) is 20.3 Å². The van der Waals surface area contributed by atoms with E-state index in [0.717, 1.165) is 18.1 Å². The van der Waals surface area contributed by atoms with Crippen molar-refractivity contribution in [2.24, 2.45) is 5.92 Å². The van der Waals surface area contributed by atoms with E-state index in [1.807, 2.05) is 6.92 Å². The predicted molar refractivity (Wildman–Crippen MR) is 61.2 cm³/mol. The van der Waals surface area contributed by atoms with Crippen LogP contribution in [0, 0.1) is 5.92 Å². The van der Waals surface area contributed by atoms with Crippen molar-refractivity contribution in [2.75, 3.05) is 13.1 Å². The first kappa shape index (κ1) is 11.0. The SMILES string of the molecule is CC(C(=O)S)C(=S)N1CCCCC1. The molecule has 1 fully saturated rings. The van der Waals surface area contributed by atoms with Crippen LogP contribution in [0.4, 0.5) is 0 Å². The second-order valence-corrected chi connectivity index (χ2v) is 4.30. The van der Waals surface area contributed by atoms with Gasteiger partial charge in [0.05, 0.1) is 10.9 Å². The largest absolute Gasteiger partial charge is 0.366 e. The first-order chi connectivity index (χ1) is 6.13. The summed E-state index contributed by atoms with van der Waals surface area (Å²) in [7, 11) is 0. The lowest BCUT2D eigenvalue weighted by atomic mass is 10.1. The molecule has 2 nitrogen and oxygen atoms in total. The van der Waals surface area contributed by atoms with Crippen molar-refractivity contribution in [1.82, 2.24) is 4.90 Å². The van der Waals surface area contributed by atoms with Crippen LogP contribution in [0.15, 0.2) is 0 Å². The third-order valence-electron chi connectivity index (χ3n) is 2.41. The quantitative estimate of drug-likeness (QED) is 0.563. The van der Waals surface area contributed by atoms with Gasteiger partial charge in [-0.3, -0.25) is 4.79 Å². The summed E-state index contributed by atoms with van der Waals surface area (Å²) in [5.41, 5.74) is 0. The number of carbonyl (C=O) groups excluding carboxylic acids is 1. The predicted octanol–water partition coefficient (Wildman–Crippen LogP) is 1.89. The molecule has 1 atom stereocenters. The van der Waals surface area contributed by atoms with Crippen LogP contribution >= 0.6 is 24.8 Å². The second kappa shape index (κ2) is 4.96. The molecule has 4 heteroatoms. The summed E-state index contributed by atoms with van der Waals surface area (Å²) < 4.78 is 0. The van der Waals surface area contributed by atoms with Crippen LogP contribution in [-0.2, 0) is 4.79 Å². The van der Waals surface area contributed by atoms with Crippen LogP contribution < -0.4 is 0 Å². The highest BCUT2D eigenvalue weighted by Crippen LogP contribution is 2.14. The van der Waals surface area contributed by atoms with Gasteiger partial charge in [0, 0.05) is 13.1 Å². The van der Waals surface area contributed by atoms with E-state index in [9.17, 15) is 4.79 Å². The summed E-state index contributed by atoms with van der Waals surface area (Å²) in [5, 5.41) is -0.129. The Balaban J connectivity index is 2.50. The number of piperidine rings is 1. The highest BCUT2D eigenvalue weighted by Gasteiger charge is 2.21. The maximum atomic E-state index is 11.0. The van der Waals surface area contributed by atoms with E-state index in [-0.39, 0.29) is 11.0 Å². The number of nitrogens with zero attached hydrogens (tertiary/aromatic N) is 1. The van der Waals surface area contributed by atoms with Gasteiger partial charge in [-0.1, -0.05) is 12.2 Å². The molecular weight excluding hydrogens is 202 g/mol. The number of rotatable bonds is 2. The summed E-state index contributed by atoms with van der Waals surface area (Å²) in [6, 6.07) is 0. The van der Waals surface area contributed by atoms with Crippen molar-refractivity contribution in [3.63, 3.8) is 0 Å². The molecule has 0 aromatic rings. The van der Waals surface area contributed by atoms with E-state index in [4.69, 9.17) is 12.2 Å². The van der Waals surface area contributed by atoms with E-state index >= 15 is 0 Å². The van der Waals surface area contributed by atoms with Gasteiger partial charge in [0.25, 0.3) is 0 Å². The number of likely N-dealkylation sites (tertiary alicyclic amines) is 1. The Labute approximate surface area is 90.1 Å². The smallest absolute Gasteiger partial charge is 0.195 e. The van der Waals surface area contributed by atoms with Crippen LogP contribution in [0.3, 0.4) is 0 Å². The standard InChI is InChI=1S/C9H15NOS2/c1-7(9(11)13)8(12)10-5-3-2-4-6-10/h7H,2-6H2,1H3,(H,11,13). The van der Waals surface area contributed by atoms with Gasteiger partial charge < -0.3 is 4.90 Å². The molecule has 0 N–H and O–H groups in total. The van der Waals surface area contributed by atoms with Crippen molar-refractivity contribution in [3.8, 4) is 0 Å². The highest BCUT2D eigenvalue weighted by molar-refractivity contribution is 7.96. The van der Waals surface area contributed by atoms with Gasteiger partial charge in [-0.05, 0) is 26.2 Å². The monoisotopic (exact) mass is 217 g/mol. The molecule has 1 unspecified atom stereocenters. The maximum Gasteiger partial charge on any atom is 0.195 e. The fourth-order valence-electron chi connectivity index (χ4n) is 1.49. The van der Waals surface area contributed by atoms with Gasteiger partial charge in [0.15, 0.2) is 5.12 Å². The molecule has 0 saturated carbocycles. The maximum absolute atomic E-state index is 11.0. The molecule has 0 aliphatic carbocycles. The fourth-order valence-corrected chi connectivity index (χ4v) is 1.99. The number of hydrogen-bond acceptors (Lipinski definition) is 2. The van der Waals surface area contributed by atoms with E-state index in [2.05, 4.69) is 17.5 Å². The fraction of sp³-hybridized carbons (Fsp3) is 0.778. The lowest BCUT2D eigenvalue weighted by molar-refractivity contribution is -0.112. The lowest BCUT2D eigenvalue weighted by Gasteiger charge is -2.30. The molecule has 0 spiro atoms. The first-order valence-electron chi connectivity index (χ1n) is 4.64. The van der Waals surface area contributed by atoms with Crippen LogP contribution in [0.2, 0.25) is 0 Å². The van der Waals surface area contributed by atoms with E-state index in [0.29, 0.717) is 0 Å². The van der Waals surface area contributed by atoms with Gasteiger partial charge >= 0.3 is 0 Å². The first-order valence-corrected chi connectivity index (χ1v) is 5.50. The molecular formula is C9H15NOS2. The second-order valence-electron chi connectivity index (χ2n) is 3.45. The molecule has 0 aromatic carbocycles. The zero-order chi connectivity index (χ0) is 9.84. The molecule has 1 aliphatic heterocycles. The molecule has 0 aromatic heterocycles. The van der Waals surface area contributed by atoms with Crippen LogP contribution in [0.1, 0.15) is 26.2 Å². The molecule has 1 saturated heterocycles. The molecule has 1 aliphatic rings. The van der Waals surface area contributed by atoms with E-state index in [1.54, 1.807) is 0 Å². The Hall–Kier alpha value is -0.0900. The molecule has 13 heavy (non-hydrogen) atoms. The average molecular weight is 217 g/mol. The third-order valence-corrected chi connectivity index (χ3v) is 3.41. The Morgan fingerprint density at radius 2 is 1.92 bits per heavy atom. The summed E-state index contributed by atoms with van der Waals surface area (Å²) >= 11 is 9.03. The summed E-state index contributed by atoms with van der Waals surface area (Å²) in [6.45, 7) is 3.83. The van der Waals surface area contributed by atoms with Gasteiger partial charge in [0.2, 0.25) is 0 Å². The zero-order valence-electron chi connectivity index (χ0n) is 7.82. The minimum Gasteiger partial charge on any atom is -0.366 e. The van der Waals surface area contributed by atoms with Crippen molar-refractivity contribution >= 4 is 35.0 Å². The van der Waals surface area contributed by atoms with Crippen LogP contribution in [0.5, 0.6) is 0 Å². The molecule has 0 radical (unpaired) electrons. The van der Waals surface area contributed by atoms with Crippen molar-refractivity contribution in [2.45, 2.75) is 26.2 Å². The minimum absolute atomic E-state index is 0.129. The van der Waals surface area contributed by atoms with Gasteiger partial charge in [-0.2, -0.15) is 0 Å². The third kappa shape index (κ3) is 2.95. The molecule has 0 bridgehead atoms. The number of carbonyl (C=O) groups is 1. The Morgan fingerprint density at radius 3 is 2.38 bits per heavy atom. The van der Waals surface area contributed by atoms with Gasteiger partial charge in [-0.15, -0.1) is 12.6 Å². The molecule has 1 rings (SSSR count). The lowest BCUT2D eigenvalue weighted by Crippen LogP contribution is -2.39. The highest BCUT2D eigenvalue weighted by atomic mass is 32.1. The van der Waals surface area contributed by atoms with Gasteiger partial charge in [0.1, 0.15) is 0 Å². The minimum atomic E-state index is -0.212. The number of thiocarbonyl (C=S) groups is 1. The molecule has 74 valence electrons. The van der Waals surface area contributed by atoms with E-state index < -0.39 is 0 Å². The normalized spacial score (nSPS) is 19.7. The summed E-state index contributed by atoms with van der Waals surface area (Å²) in [5.74, 6) is -0.212. The zero-order valence-corrected chi connectivity index (χ0v) is 9.53. The number of thiol groups is 1. The molecule has 0 amide bonds. The Morgan fingerprint density at radius 1 is 1.38 bits per heavy atom. The summed E-state index contributed by atoms with van der Waals surface area (Å²) in [4.78, 5) is 13.9. The molecule has 1 heterocycles. The summed E-state index contributed by atoms with van der Waals surface area (Å²) in [6.07, 6.45) is 3.66. The Kier molecular flexibility index (Phi) is 4.19. The van der Waals surface area contributed by atoms with E-state index in [1.165, 1.54) is 19.3 Å². The average Bonchev–Trinajstić information content (AvgIpc) is 2.17. The van der Waals surface area contributed by atoms with Crippen molar-refractivity contribution in [3.05, 3.63) is 0 Å². The number of hydrogen-bond donors (Lipinski definition) is 1. The van der Waals surface area contributed by atoms with Crippen molar-refractivity contribution < 1.29 is 4.79 Å². The Bertz CT molecular complexity index is 212. The van der Waals surface area contributed by atoms with Crippen LogP contribution in [-0.4, -0.2) is 28.1 Å². The van der Waals surface area contributed by atoms with Gasteiger partial charge in [-0.25, -0.2) is 0 Å². The van der Waals surface area contributed by atoms with Crippen LogP contribution in [0.25, 0.3) is 0 Å². The van der Waals surface area contributed by atoms with Crippen molar-refractivity contribution in [1.29, 1.82) is 0 Å².